The van der Waals surface area contributed by atoms with E-state index >= 15 is 0 Å². The molecule has 0 aliphatic rings. The number of nitrogens with zero attached hydrogens (tertiary/aromatic N) is 2. The Bertz CT molecular complexity index is 593. The molecule has 5 nitrogen and oxygen atoms in total. The van der Waals surface area contributed by atoms with E-state index in [0.717, 1.165) is 24.1 Å². The van der Waals surface area contributed by atoms with Crippen LogP contribution in [0.3, 0.4) is 0 Å². The molecule has 9 heteroatoms. The first kappa shape index (κ1) is 25.5. The van der Waals surface area contributed by atoms with Crippen LogP contribution >= 0.6 is 24.0 Å². The summed E-state index contributed by atoms with van der Waals surface area (Å²) in [5, 5.41) is 3.15. The van der Waals surface area contributed by atoms with Crippen molar-refractivity contribution in [1.29, 1.82) is 0 Å². The molecule has 0 heterocycles. The van der Waals surface area contributed by atoms with Gasteiger partial charge in [-0.3, -0.25) is 9.79 Å². The maximum absolute atomic E-state index is 12.6. The molecule has 0 aliphatic carbocycles. The van der Waals surface area contributed by atoms with Gasteiger partial charge in [0.2, 0.25) is 0 Å². The Morgan fingerprint density at radius 2 is 1.85 bits per heavy atom. The summed E-state index contributed by atoms with van der Waals surface area (Å²) in [5.41, 5.74) is 0.104. The van der Waals surface area contributed by atoms with E-state index in [-0.39, 0.29) is 29.9 Å². The normalized spacial score (nSPS) is 11.6. The minimum atomic E-state index is -4.33. The molecule has 1 rings (SSSR count). The Labute approximate surface area is 175 Å². The highest BCUT2D eigenvalue weighted by molar-refractivity contribution is 14.0. The number of unbranched alkanes of at least 4 members (excludes halogenated alkanes) is 1. The van der Waals surface area contributed by atoms with E-state index in [9.17, 15) is 18.0 Å². The lowest BCUT2D eigenvalue weighted by atomic mass is 10.1. The first-order valence-electron chi connectivity index (χ1n) is 8.50. The van der Waals surface area contributed by atoms with Crippen LogP contribution in [0, 0.1) is 0 Å². The van der Waals surface area contributed by atoms with Crippen molar-refractivity contribution in [1.82, 2.24) is 10.2 Å². The van der Waals surface area contributed by atoms with E-state index in [1.54, 1.807) is 0 Å². The SMILES string of the molecule is CCNC(=NCCCCC(=O)OC)N(C)Cc1ccc(C(F)(F)F)cc1.I. The summed E-state index contributed by atoms with van der Waals surface area (Å²) in [6.07, 6.45) is -2.52. The number of aliphatic imine (C=N–C) groups is 1. The maximum Gasteiger partial charge on any atom is 0.416 e. The van der Waals surface area contributed by atoms with E-state index in [4.69, 9.17) is 0 Å². The topological polar surface area (TPSA) is 53.9 Å². The molecule has 0 saturated heterocycles. The highest BCUT2D eigenvalue weighted by Gasteiger charge is 2.29. The first-order valence-corrected chi connectivity index (χ1v) is 8.50. The molecule has 0 fully saturated rings. The van der Waals surface area contributed by atoms with E-state index in [1.807, 2.05) is 18.9 Å². The van der Waals surface area contributed by atoms with Gasteiger partial charge in [-0.05, 0) is 37.5 Å². The van der Waals surface area contributed by atoms with Crippen molar-refractivity contribution in [2.45, 2.75) is 38.9 Å². The number of methoxy groups -OCH3 is 1. The third-order valence-corrected chi connectivity index (χ3v) is 3.68. The predicted molar refractivity (Wildman–Crippen MR) is 110 cm³/mol. The van der Waals surface area contributed by atoms with Gasteiger partial charge in [-0.25, -0.2) is 0 Å². The van der Waals surface area contributed by atoms with Crippen molar-refractivity contribution in [3.05, 3.63) is 35.4 Å². The van der Waals surface area contributed by atoms with Crippen LogP contribution in [0.5, 0.6) is 0 Å². The van der Waals surface area contributed by atoms with E-state index in [1.165, 1.54) is 19.2 Å². The summed E-state index contributed by atoms with van der Waals surface area (Å²) >= 11 is 0. The summed E-state index contributed by atoms with van der Waals surface area (Å²) in [6.45, 7) is 3.61. The van der Waals surface area contributed by atoms with Gasteiger partial charge in [0, 0.05) is 33.1 Å². The number of carbonyl (C=O) groups excluding carboxylic acids is 1. The van der Waals surface area contributed by atoms with Gasteiger partial charge in [0.05, 0.1) is 12.7 Å². The second-order valence-corrected chi connectivity index (χ2v) is 5.82. The quantitative estimate of drug-likeness (QED) is 0.192. The number of alkyl halides is 3. The lowest BCUT2D eigenvalue weighted by molar-refractivity contribution is -0.140. The zero-order valence-corrected chi connectivity index (χ0v) is 18.1. The average Bonchev–Trinajstić information content (AvgIpc) is 2.59. The zero-order valence-electron chi connectivity index (χ0n) is 15.8. The molecule has 1 aromatic rings. The van der Waals surface area contributed by atoms with Crippen LogP contribution in [0.15, 0.2) is 29.3 Å². The van der Waals surface area contributed by atoms with Gasteiger partial charge in [0.15, 0.2) is 5.96 Å². The highest BCUT2D eigenvalue weighted by atomic mass is 127. The van der Waals surface area contributed by atoms with Crippen molar-refractivity contribution in [2.75, 3.05) is 27.2 Å². The van der Waals surface area contributed by atoms with Crippen LogP contribution in [-0.4, -0.2) is 44.1 Å². The second kappa shape index (κ2) is 12.8. The van der Waals surface area contributed by atoms with Crippen molar-refractivity contribution in [3.8, 4) is 0 Å². The molecule has 0 saturated carbocycles. The fourth-order valence-corrected chi connectivity index (χ4v) is 2.29. The van der Waals surface area contributed by atoms with Crippen molar-refractivity contribution >= 4 is 35.9 Å². The molecule has 0 aromatic heterocycles. The van der Waals surface area contributed by atoms with Gasteiger partial charge in [-0.1, -0.05) is 12.1 Å². The van der Waals surface area contributed by atoms with Crippen LogP contribution < -0.4 is 5.32 Å². The monoisotopic (exact) mass is 501 g/mol. The summed E-state index contributed by atoms with van der Waals surface area (Å²) in [7, 11) is 3.19. The second-order valence-electron chi connectivity index (χ2n) is 5.82. The Morgan fingerprint density at radius 1 is 1.22 bits per heavy atom. The molecule has 0 bridgehead atoms. The number of hydrogen-bond acceptors (Lipinski definition) is 3. The number of hydrogen-bond donors (Lipinski definition) is 1. The Kier molecular flexibility index (Phi) is 12.1. The molecule has 0 radical (unpaired) electrons. The number of esters is 1. The van der Waals surface area contributed by atoms with Crippen LogP contribution in [0.4, 0.5) is 13.2 Å². The number of halogens is 4. The molecular weight excluding hydrogens is 474 g/mol. The summed E-state index contributed by atoms with van der Waals surface area (Å²) in [6, 6.07) is 5.11. The molecule has 154 valence electrons. The lowest BCUT2D eigenvalue weighted by Gasteiger charge is -2.22. The smallest absolute Gasteiger partial charge is 0.416 e. The Hall–Kier alpha value is -1.52. The maximum atomic E-state index is 12.6. The lowest BCUT2D eigenvalue weighted by Crippen LogP contribution is -2.38. The van der Waals surface area contributed by atoms with E-state index in [2.05, 4.69) is 15.0 Å². The Morgan fingerprint density at radius 3 is 2.37 bits per heavy atom. The van der Waals surface area contributed by atoms with Gasteiger partial charge in [0.1, 0.15) is 0 Å². The van der Waals surface area contributed by atoms with Crippen LogP contribution in [0.1, 0.15) is 37.3 Å². The van der Waals surface area contributed by atoms with Crippen LogP contribution in [-0.2, 0) is 22.3 Å². The third-order valence-electron chi connectivity index (χ3n) is 3.68. The standard InChI is InChI=1S/C18H26F3N3O2.HI/c1-4-22-17(23-12-6-5-7-16(25)26-3)24(2)13-14-8-10-15(11-9-14)18(19,20)21;/h8-11H,4-7,12-13H2,1-3H3,(H,22,23);1H. The van der Waals surface area contributed by atoms with Crippen LogP contribution in [0.2, 0.25) is 0 Å². The molecule has 0 amide bonds. The van der Waals surface area contributed by atoms with Crippen LogP contribution in [0.25, 0.3) is 0 Å². The number of carbonyl (C=O) groups is 1. The van der Waals surface area contributed by atoms with Gasteiger partial charge < -0.3 is 15.0 Å². The molecule has 0 spiro atoms. The molecule has 0 atom stereocenters. The number of benzene rings is 1. The molecule has 0 unspecified atom stereocenters. The van der Waals surface area contributed by atoms with E-state index in [0.29, 0.717) is 38.4 Å². The van der Waals surface area contributed by atoms with Gasteiger partial charge >= 0.3 is 12.1 Å². The fraction of sp³-hybridized carbons (Fsp3) is 0.556. The third kappa shape index (κ3) is 9.83. The molecule has 1 N–H and O–H groups in total. The minimum Gasteiger partial charge on any atom is -0.469 e. The van der Waals surface area contributed by atoms with E-state index < -0.39 is 11.7 Å². The van der Waals surface area contributed by atoms with Gasteiger partial charge in [-0.15, -0.1) is 24.0 Å². The van der Waals surface area contributed by atoms with Crippen molar-refractivity contribution in [3.63, 3.8) is 0 Å². The summed E-state index contributed by atoms with van der Waals surface area (Å²) in [5.74, 6) is 0.436. The van der Waals surface area contributed by atoms with Crippen molar-refractivity contribution in [2.24, 2.45) is 4.99 Å². The summed E-state index contributed by atoms with van der Waals surface area (Å²) < 4.78 is 42.4. The highest BCUT2D eigenvalue weighted by Crippen LogP contribution is 2.29. The molecular formula is C18H27F3IN3O2. The minimum absolute atomic E-state index is 0. The number of rotatable bonds is 8. The largest absolute Gasteiger partial charge is 0.469 e. The number of ether oxygens (including phenoxy) is 1. The van der Waals surface area contributed by atoms with Gasteiger partial charge in [0.25, 0.3) is 0 Å². The summed E-state index contributed by atoms with van der Waals surface area (Å²) in [4.78, 5) is 17.4. The Balaban J connectivity index is 0.00000676. The number of guanidine groups is 1. The number of nitrogens with one attached hydrogen (secondary N) is 1. The molecule has 27 heavy (non-hydrogen) atoms. The predicted octanol–water partition coefficient (Wildman–Crippen LogP) is 4.06. The fourth-order valence-electron chi connectivity index (χ4n) is 2.29. The van der Waals surface area contributed by atoms with Gasteiger partial charge in [-0.2, -0.15) is 13.2 Å². The van der Waals surface area contributed by atoms with Crippen molar-refractivity contribution < 1.29 is 22.7 Å². The average molecular weight is 501 g/mol. The molecule has 1 aromatic carbocycles. The zero-order chi connectivity index (χ0) is 19.6. The molecule has 0 aliphatic heterocycles. The first-order chi connectivity index (χ1) is 12.3.